The molecule has 0 aliphatic rings. The van der Waals surface area contributed by atoms with Crippen molar-refractivity contribution in [3.05, 3.63) is 22.7 Å². The highest BCUT2D eigenvalue weighted by Crippen LogP contribution is 2.10. The number of nitrogens with one attached hydrogen (secondary N) is 1. The molecule has 20 heavy (non-hydrogen) atoms. The van der Waals surface area contributed by atoms with Gasteiger partial charge in [-0.05, 0) is 27.2 Å². The van der Waals surface area contributed by atoms with Gasteiger partial charge >= 0.3 is 0 Å². The van der Waals surface area contributed by atoms with Crippen LogP contribution >= 0.6 is 0 Å². The van der Waals surface area contributed by atoms with E-state index in [-0.39, 0.29) is 11.1 Å². The molecule has 1 aromatic heterocycles. The number of nitrogens with zero attached hydrogens (tertiary/aromatic N) is 2. The minimum Gasteiger partial charge on any atom is -0.382 e. The molecule has 0 amide bonds. The summed E-state index contributed by atoms with van der Waals surface area (Å²) in [6.07, 6.45) is 4.17. The van der Waals surface area contributed by atoms with Gasteiger partial charge in [0, 0.05) is 38.2 Å². The maximum Gasteiger partial charge on any atom is 0.293 e. The molecule has 0 fully saturated rings. The Balaban J connectivity index is 2.43. The molecule has 1 aromatic rings. The molecule has 1 heterocycles. The zero-order valence-corrected chi connectivity index (χ0v) is 12.8. The lowest BCUT2D eigenvalue weighted by molar-refractivity contribution is 0.0705. The van der Waals surface area contributed by atoms with Gasteiger partial charge in [0.25, 0.3) is 5.56 Å². The molecule has 0 radical (unpaired) electrons. The zero-order valence-electron chi connectivity index (χ0n) is 12.8. The van der Waals surface area contributed by atoms with Crippen molar-refractivity contribution >= 4 is 5.82 Å². The molecule has 0 bridgehead atoms. The van der Waals surface area contributed by atoms with Crippen molar-refractivity contribution in [2.24, 2.45) is 0 Å². The summed E-state index contributed by atoms with van der Waals surface area (Å²) in [6, 6.07) is 0. The van der Waals surface area contributed by atoms with Crippen LogP contribution in [0.5, 0.6) is 0 Å². The second kappa shape index (κ2) is 8.01. The van der Waals surface area contributed by atoms with E-state index in [1.807, 2.05) is 20.8 Å². The summed E-state index contributed by atoms with van der Waals surface area (Å²) < 4.78 is 11.9. The van der Waals surface area contributed by atoms with Crippen LogP contribution in [0.1, 0.15) is 27.2 Å². The summed E-state index contributed by atoms with van der Waals surface area (Å²) in [6.45, 7) is 8.45. The minimum atomic E-state index is -0.250. The topological polar surface area (TPSA) is 65.4 Å². The van der Waals surface area contributed by atoms with Crippen LogP contribution in [0.3, 0.4) is 0 Å². The van der Waals surface area contributed by atoms with Crippen LogP contribution in [0.15, 0.2) is 17.2 Å². The molecule has 114 valence electrons. The predicted molar refractivity (Wildman–Crippen MR) is 79.3 cm³/mol. The fraction of sp³-hybridized carbons (Fsp3) is 0.714. The van der Waals surface area contributed by atoms with Crippen molar-refractivity contribution in [1.82, 2.24) is 9.55 Å². The van der Waals surface area contributed by atoms with Gasteiger partial charge in [0.2, 0.25) is 0 Å². The molecule has 0 saturated heterocycles. The first-order valence-corrected chi connectivity index (χ1v) is 6.85. The van der Waals surface area contributed by atoms with Crippen LogP contribution in [0.2, 0.25) is 0 Å². The van der Waals surface area contributed by atoms with Gasteiger partial charge in [-0.25, -0.2) is 4.98 Å². The number of hydrogen-bond donors (Lipinski definition) is 1. The van der Waals surface area contributed by atoms with Crippen LogP contribution in [-0.4, -0.2) is 43.0 Å². The number of hydrogen-bond acceptors (Lipinski definition) is 5. The van der Waals surface area contributed by atoms with Gasteiger partial charge < -0.3 is 19.4 Å². The van der Waals surface area contributed by atoms with E-state index in [4.69, 9.17) is 9.47 Å². The largest absolute Gasteiger partial charge is 0.382 e. The maximum atomic E-state index is 12.2. The Bertz CT molecular complexity index is 452. The molecule has 0 atom stereocenters. The van der Waals surface area contributed by atoms with Crippen LogP contribution in [0.4, 0.5) is 5.82 Å². The lowest BCUT2D eigenvalue weighted by Crippen LogP contribution is -2.35. The summed E-state index contributed by atoms with van der Waals surface area (Å²) in [5.41, 5.74) is -0.347. The van der Waals surface area contributed by atoms with Gasteiger partial charge in [-0.3, -0.25) is 4.79 Å². The van der Waals surface area contributed by atoms with Crippen molar-refractivity contribution in [3.63, 3.8) is 0 Å². The van der Waals surface area contributed by atoms with Gasteiger partial charge in [0.15, 0.2) is 5.82 Å². The van der Waals surface area contributed by atoms with E-state index in [0.717, 1.165) is 6.42 Å². The molecule has 0 aliphatic carbocycles. The Morgan fingerprint density at radius 2 is 2.05 bits per heavy atom. The average Bonchev–Trinajstić information content (AvgIpc) is 2.38. The molecular formula is C14H25N3O3. The predicted octanol–water partition coefficient (Wildman–Crippen LogP) is 1.46. The van der Waals surface area contributed by atoms with Crippen molar-refractivity contribution < 1.29 is 9.47 Å². The summed E-state index contributed by atoms with van der Waals surface area (Å²) in [5, 5.41) is 3.06. The Morgan fingerprint density at radius 3 is 2.70 bits per heavy atom. The van der Waals surface area contributed by atoms with Gasteiger partial charge in [0.05, 0.1) is 13.2 Å². The molecule has 0 aromatic carbocycles. The first kappa shape index (κ1) is 16.7. The van der Waals surface area contributed by atoms with Gasteiger partial charge in [-0.15, -0.1) is 0 Å². The minimum absolute atomic E-state index is 0.0969. The van der Waals surface area contributed by atoms with Crippen LogP contribution in [-0.2, 0) is 15.0 Å². The van der Waals surface area contributed by atoms with Crippen molar-refractivity contribution in [1.29, 1.82) is 0 Å². The van der Waals surface area contributed by atoms with Gasteiger partial charge in [0.1, 0.15) is 0 Å². The Morgan fingerprint density at radius 1 is 1.30 bits per heavy atom. The quantitative estimate of drug-likeness (QED) is 0.732. The SMILES string of the molecule is COCCOCCCNc1nccn(C(C)(C)C)c1=O. The molecule has 0 spiro atoms. The van der Waals surface area contributed by atoms with Crippen LogP contribution in [0, 0.1) is 0 Å². The fourth-order valence-corrected chi connectivity index (χ4v) is 1.69. The van der Waals surface area contributed by atoms with E-state index in [0.29, 0.717) is 32.2 Å². The standard InChI is InChI=1S/C14H25N3O3/c1-14(2,3)17-8-7-16-12(13(17)18)15-6-5-9-20-11-10-19-4/h7-8H,5-6,9-11H2,1-4H3,(H,15,16). The summed E-state index contributed by atoms with van der Waals surface area (Å²) in [5.74, 6) is 0.388. The smallest absolute Gasteiger partial charge is 0.293 e. The fourth-order valence-electron chi connectivity index (χ4n) is 1.69. The lowest BCUT2D eigenvalue weighted by atomic mass is 10.1. The molecule has 0 saturated carbocycles. The molecule has 0 aliphatic heterocycles. The van der Waals surface area contributed by atoms with E-state index in [1.54, 1.807) is 24.1 Å². The lowest BCUT2D eigenvalue weighted by Gasteiger charge is -2.22. The normalized spacial score (nSPS) is 11.6. The highest BCUT2D eigenvalue weighted by molar-refractivity contribution is 5.30. The van der Waals surface area contributed by atoms with E-state index < -0.39 is 0 Å². The van der Waals surface area contributed by atoms with Crippen molar-refractivity contribution in [3.8, 4) is 0 Å². The Kier molecular flexibility index (Phi) is 6.67. The third-order valence-corrected chi connectivity index (χ3v) is 2.75. The summed E-state index contributed by atoms with van der Waals surface area (Å²) in [4.78, 5) is 16.3. The van der Waals surface area contributed by atoms with Crippen molar-refractivity contribution in [2.45, 2.75) is 32.7 Å². The Labute approximate surface area is 120 Å². The average molecular weight is 283 g/mol. The third kappa shape index (κ3) is 5.30. The van der Waals surface area contributed by atoms with Gasteiger partial charge in [-0.1, -0.05) is 0 Å². The van der Waals surface area contributed by atoms with E-state index in [2.05, 4.69) is 10.3 Å². The number of anilines is 1. The van der Waals surface area contributed by atoms with Crippen molar-refractivity contribution in [2.75, 3.05) is 38.8 Å². The molecule has 6 nitrogen and oxygen atoms in total. The summed E-state index contributed by atoms with van der Waals surface area (Å²) >= 11 is 0. The number of aromatic nitrogens is 2. The third-order valence-electron chi connectivity index (χ3n) is 2.75. The highest BCUT2D eigenvalue weighted by Gasteiger charge is 2.16. The molecule has 1 N–H and O–H groups in total. The van der Waals surface area contributed by atoms with E-state index >= 15 is 0 Å². The number of methoxy groups -OCH3 is 1. The van der Waals surface area contributed by atoms with E-state index in [9.17, 15) is 4.79 Å². The molecule has 1 rings (SSSR count). The second-order valence-corrected chi connectivity index (χ2v) is 5.51. The van der Waals surface area contributed by atoms with E-state index in [1.165, 1.54) is 0 Å². The van der Waals surface area contributed by atoms with Crippen LogP contribution < -0.4 is 10.9 Å². The number of ether oxygens (including phenoxy) is 2. The molecular weight excluding hydrogens is 258 g/mol. The van der Waals surface area contributed by atoms with Gasteiger partial charge in [-0.2, -0.15) is 0 Å². The zero-order chi connectivity index (χ0) is 15.0. The Hall–Kier alpha value is -1.40. The molecule has 0 unspecified atom stereocenters. The monoisotopic (exact) mass is 283 g/mol. The first-order chi connectivity index (χ1) is 9.46. The highest BCUT2D eigenvalue weighted by atomic mass is 16.5. The molecule has 6 heteroatoms. The maximum absolute atomic E-state index is 12.2. The van der Waals surface area contributed by atoms with Crippen LogP contribution in [0.25, 0.3) is 0 Å². The first-order valence-electron chi connectivity index (χ1n) is 6.85. The number of rotatable bonds is 8. The summed E-state index contributed by atoms with van der Waals surface area (Å²) in [7, 11) is 1.65. The second-order valence-electron chi connectivity index (χ2n) is 5.51.